The van der Waals surface area contributed by atoms with Gasteiger partial charge in [0, 0.05) is 4.83 Å². The van der Waals surface area contributed by atoms with Crippen LogP contribution in [0.5, 0.6) is 0 Å². The summed E-state index contributed by atoms with van der Waals surface area (Å²) in [4.78, 5) is -0.281. The maximum Gasteiger partial charge on any atom is 0.341 e. The average molecular weight is 355 g/mol. The molecule has 2 atom stereocenters. The van der Waals surface area contributed by atoms with Crippen LogP contribution in [0.2, 0.25) is 0 Å². The predicted molar refractivity (Wildman–Crippen MR) is 75.6 cm³/mol. The van der Waals surface area contributed by atoms with E-state index < -0.39 is 15.6 Å². The predicted octanol–water partition coefficient (Wildman–Crippen LogP) is 4.21. The first-order valence-corrected chi connectivity index (χ1v) is 8.40. The maximum absolute atomic E-state index is 12.7. The molecule has 0 aliphatic rings. The van der Waals surface area contributed by atoms with E-state index in [2.05, 4.69) is 15.9 Å². The van der Waals surface area contributed by atoms with Crippen molar-refractivity contribution in [2.45, 2.75) is 42.2 Å². The van der Waals surface area contributed by atoms with Crippen molar-refractivity contribution in [2.24, 2.45) is 5.92 Å². The Balaban J connectivity index is 3.46. The van der Waals surface area contributed by atoms with Crippen LogP contribution >= 0.6 is 15.9 Å². The Bertz CT molecular complexity index is 519. The molecule has 0 amide bonds. The van der Waals surface area contributed by atoms with Crippen LogP contribution in [0.25, 0.3) is 0 Å². The summed E-state index contributed by atoms with van der Waals surface area (Å²) in [5, 5.41) is 0. The highest BCUT2D eigenvalue weighted by Crippen LogP contribution is 2.36. The lowest BCUT2D eigenvalue weighted by Gasteiger charge is -2.26. The van der Waals surface area contributed by atoms with Gasteiger partial charge in [-0.15, -0.1) is 0 Å². The molecule has 0 aliphatic heterocycles. The van der Waals surface area contributed by atoms with Gasteiger partial charge in [0.25, 0.3) is 0 Å². The van der Waals surface area contributed by atoms with Gasteiger partial charge in [0.05, 0.1) is 4.90 Å². The molecule has 0 heterocycles. The highest BCUT2D eigenvalue weighted by Gasteiger charge is 2.33. The minimum Gasteiger partial charge on any atom is -0.218 e. The Labute approximate surface area is 121 Å². The van der Waals surface area contributed by atoms with Crippen LogP contribution in [0.3, 0.4) is 0 Å². The quantitative estimate of drug-likeness (QED) is 0.742. The largest absolute Gasteiger partial charge is 0.341 e. The first-order valence-electron chi connectivity index (χ1n) is 5.94. The summed E-state index contributed by atoms with van der Waals surface area (Å²) in [5.41, 5.74) is 0.446. The van der Waals surface area contributed by atoms with Gasteiger partial charge < -0.3 is 0 Å². The zero-order chi connectivity index (χ0) is 14.8. The second-order valence-electron chi connectivity index (χ2n) is 4.79. The first kappa shape index (κ1) is 16.6. The average Bonchev–Trinajstić information content (AvgIpc) is 2.28. The van der Waals surface area contributed by atoms with Crippen LogP contribution in [0.1, 0.15) is 32.3 Å². The van der Waals surface area contributed by atoms with Gasteiger partial charge in [-0.2, -0.15) is 8.78 Å². The number of benzene rings is 1. The second-order valence-corrected chi connectivity index (χ2v) is 8.12. The Kier molecular flexibility index (Phi) is 5.50. The van der Waals surface area contributed by atoms with Gasteiger partial charge in [-0.05, 0) is 23.5 Å². The molecule has 0 fully saturated rings. The number of hydrogen-bond acceptors (Lipinski definition) is 2. The van der Waals surface area contributed by atoms with Crippen LogP contribution in [-0.2, 0) is 9.84 Å². The Hall–Kier alpha value is -0.490. The van der Waals surface area contributed by atoms with Gasteiger partial charge >= 0.3 is 5.76 Å². The zero-order valence-electron chi connectivity index (χ0n) is 11.0. The molecule has 108 valence electrons. The van der Waals surface area contributed by atoms with E-state index in [1.165, 1.54) is 12.1 Å². The molecule has 1 aromatic rings. The van der Waals surface area contributed by atoms with Crippen LogP contribution in [0, 0.1) is 5.92 Å². The summed E-state index contributed by atoms with van der Waals surface area (Å²) in [7, 11) is -4.57. The fourth-order valence-corrected chi connectivity index (χ4v) is 4.14. The second kappa shape index (κ2) is 6.31. The summed E-state index contributed by atoms with van der Waals surface area (Å²) >= 11 is 3.43. The Morgan fingerprint density at radius 2 is 1.63 bits per heavy atom. The number of alkyl halides is 3. The lowest BCUT2D eigenvalue weighted by atomic mass is 9.86. The van der Waals surface area contributed by atoms with Gasteiger partial charge in [-0.25, -0.2) is 8.42 Å². The maximum atomic E-state index is 12.7. The third-order valence-electron chi connectivity index (χ3n) is 3.03. The molecule has 0 radical (unpaired) electrons. The van der Waals surface area contributed by atoms with E-state index in [1.807, 2.05) is 20.8 Å². The lowest BCUT2D eigenvalue weighted by Crippen LogP contribution is -2.21. The summed E-state index contributed by atoms with van der Waals surface area (Å²) in [5.74, 6) is -3.42. The van der Waals surface area contributed by atoms with Crippen molar-refractivity contribution in [2.75, 3.05) is 0 Å². The fraction of sp³-hybridized carbons (Fsp3) is 0.538. The van der Waals surface area contributed by atoms with E-state index in [1.54, 1.807) is 12.1 Å². The first-order chi connectivity index (χ1) is 8.69. The molecular weight excluding hydrogens is 338 g/mol. The minimum atomic E-state index is -4.57. The number of halogens is 3. The summed E-state index contributed by atoms with van der Waals surface area (Å²) in [6.45, 7) is 5.76. The normalized spacial score (nSPS) is 15.8. The monoisotopic (exact) mass is 354 g/mol. The van der Waals surface area contributed by atoms with E-state index in [0.717, 1.165) is 0 Å². The van der Waals surface area contributed by atoms with Crippen LogP contribution in [-0.4, -0.2) is 19.0 Å². The molecule has 0 saturated carbocycles. The lowest BCUT2D eigenvalue weighted by molar-refractivity contribution is 0.234. The summed E-state index contributed by atoms with van der Waals surface area (Å²) in [6.07, 6.45) is 0. The molecule has 2 unspecified atom stereocenters. The van der Waals surface area contributed by atoms with Crippen molar-refractivity contribution in [1.82, 2.24) is 0 Å². The van der Waals surface area contributed by atoms with Crippen molar-refractivity contribution in [3.8, 4) is 0 Å². The van der Waals surface area contributed by atoms with Crippen molar-refractivity contribution in [3.05, 3.63) is 29.8 Å². The smallest absolute Gasteiger partial charge is 0.218 e. The van der Waals surface area contributed by atoms with Crippen molar-refractivity contribution < 1.29 is 17.2 Å². The van der Waals surface area contributed by atoms with E-state index in [0.29, 0.717) is 5.56 Å². The zero-order valence-corrected chi connectivity index (χ0v) is 13.4. The van der Waals surface area contributed by atoms with Crippen molar-refractivity contribution >= 4 is 25.8 Å². The molecule has 19 heavy (non-hydrogen) atoms. The molecule has 0 spiro atoms. The van der Waals surface area contributed by atoms with Crippen LogP contribution in [0.4, 0.5) is 8.78 Å². The molecule has 0 aliphatic carbocycles. The molecule has 0 saturated heterocycles. The number of sulfone groups is 1. The summed E-state index contributed by atoms with van der Waals surface area (Å²) < 4.78 is 49.0. The van der Waals surface area contributed by atoms with Gasteiger partial charge in [-0.3, -0.25) is 0 Å². The van der Waals surface area contributed by atoms with Gasteiger partial charge in [-0.1, -0.05) is 54.9 Å². The standard InChI is InChI=1S/C13H17BrF2O2S/c1-8(2)12(9(3)14)10-6-4-5-7-11(10)19(17,18)13(15)16/h4-9,12-13H,1-3H3. The van der Waals surface area contributed by atoms with Crippen molar-refractivity contribution in [3.63, 3.8) is 0 Å². The molecule has 2 nitrogen and oxygen atoms in total. The molecule has 1 aromatic carbocycles. The SMILES string of the molecule is CC(C)C(c1ccccc1S(=O)(=O)C(F)F)C(C)Br. The van der Waals surface area contributed by atoms with E-state index in [-0.39, 0.29) is 21.6 Å². The van der Waals surface area contributed by atoms with Crippen LogP contribution in [0.15, 0.2) is 29.2 Å². The minimum absolute atomic E-state index is 0.0125. The van der Waals surface area contributed by atoms with Crippen LogP contribution < -0.4 is 0 Å². The van der Waals surface area contributed by atoms with Gasteiger partial charge in [0.15, 0.2) is 0 Å². The third kappa shape index (κ3) is 3.54. The fourth-order valence-electron chi connectivity index (χ4n) is 2.25. The molecule has 1 rings (SSSR count). The molecule has 6 heteroatoms. The topological polar surface area (TPSA) is 34.1 Å². The van der Waals surface area contributed by atoms with Crippen molar-refractivity contribution in [1.29, 1.82) is 0 Å². The van der Waals surface area contributed by atoms with E-state index in [9.17, 15) is 17.2 Å². The number of rotatable bonds is 5. The number of hydrogen-bond donors (Lipinski definition) is 0. The third-order valence-corrected chi connectivity index (χ3v) is 5.06. The molecule has 0 aromatic heterocycles. The van der Waals surface area contributed by atoms with Gasteiger partial charge in [0.1, 0.15) is 0 Å². The highest BCUT2D eigenvalue weighted by molar-refractivity contribution is 9.09. The van der Waals surface area contributed by atoms with E-state index >= 15 is 0 Å². The Morgan fingerprint density at radius 1 is 1.11 bits per heavy atom. The molecule has 0 N–H and O–H groups in total. The van der Waals surface area contributed by atoms with Gasteiger partial charge in [0.2, 0.25) is 9.84 Å². The highest BCUT2D eigenvalue weighted by atomic mass is 79.9. The summed E-state index contributed by atoms with van der Waals surface area (Å²) in [6, 6.07) is 6.00. The molecular formula is C13H17BrF2O2S. The molecule has 0 bridgehead atoms. The van der Waals surface area contributed by atoms with E-state index in [4.69, 9.17) is 0 Å². The Morgan fingerprint density at radius 3 is 2.05 bits per heavy atom.